The second kappa shape index (κ2) is 7.21. The number of alkyl halides is 3. The van der Waals surface area contributed by atoms with E-state index in [1.165, 1.54) is 6.07 Å². The normalized spacial score (nSPS) is 22.7. The molecular weight excluding hydrogens is 327 g/mol. The number of benzene rings is 1. The fourth-order valence-corrected chi connectivity index (χ4v) is 2.80. The second-order valence-electron chi connectivity index (χ2n) is 5.92. The van der Waals surface area contributed by atoms with Crippen LogP contribution in [0.1, 0.15) is 42.9 Å². The molecule has 0 bridgehead atoms. The van der Waals surface area contributed by atoms with Crippen LogP contribution >= 0.6 is 0 Å². The van der Waals surface area contributed by atoms with E-state index in [4.69, 9.17) is 5.11 Å². The molecule has 3 N–H and O–H groups in total. The van der Waals surface area contributed by atoms with Crippen molar-refractivity contribution in [1.82, 2.24) is 5.32 Å². The van der Waals surface area contributed by atoms with Crippen LogP contribution in [0, 0.1) is 5.92 Å². The third-order valence-corrected chi connectivity index (χ3v) is 4.20. The summed E-state index contributed by atoms with van der Waals surface area (Å²) in [6.45, 7) is 0. The minimum atomic E-state index is -4.55. The summed E-state index contributed by atoms with van der Waals surface area (Å²) in [7, 11) is 0. The molecule has 0 spiro atoms. The molecule has 132 valence electrons. The summed E-state index contributed by atoms with van der Waals surface area (Å²) in [5.41, 5.74) is -1.07. The first kappa shape index (κ1) is 18.3. The number of hydrogen-bond donors (Lipinski definition) is 3. The van der Waals surface area contributed by atoms with E-state index >= 15 is 0 Å². The Balaban J connectivity index is 1.97. The zero-order chi connectivity index (χ0) is 17.9. The van der Waals surface area contributed by atoms with Crippen molar-refractivity contribution in [2.45, 2.75) is 44.0 Å². The largest absolute Gasteiger partial charge is 0.481 e. The van der Waals surface area contributed by atoms with Crippen LogP contribution in [-0.2, 0) is 15.8 Å². The Bertz CT molecular complexity index is 610. The maximum atomic E-state index is 12.7. The van der Waals surface area contributed by atoms with Crippen LogP contribution in [0.25, 0.3) is 0 Å². The number of amides is 1. The molecule has 0 saturated heterocycles. The molecule has 1 atom stereocenters. The molecule has 1 saturated carbocycles. The van der Waals surface area contributed by atoms with E-state index in [1.54, 1.807) is 0 Å². The van der Waals surface area contributed by atoms with E-state index in [1.807, 2.05) is 0 Å². The maximum Gasteiger partial charge on any atom is 0.416 e. The van der Waals surface area contributed by atoms with Gasteiger partial charge in [0.25, 0.3) is 5.91 Å². The summed E-state index contributed by atoms with van der Waals surface area (Å²) in [6.07, 6.45) is -4.51. The molecule has 5 nitrogen and oxygen atoms in total. The molecule has 0 aliphatic heterocycles. The highest BCUT2D eigenvalue weighted by Gasteiger charge is 2.32. The quantitative estimate of drug-likeness (QED) is 0.783. The summed E-state index contributed by atoms with van der Waals surface area (Å²) in [5.74, 6) is -2.09. The lowest BCUT2D eigenvalue weighted by Crippen LogP contribution is -2.41. The third-order valence-electron chi connectivity index (χ3n) is 4.20. The number of aliphatic hydroxyl groups excluding tert-OH is 1. The van der Waals surface area contributed by atoms with Gasteiger partial charge in [0.15, 0.2) is 6.10 Å². The number of carboxylic acids is 1. The van der Waals surface area contributed by atoms with Gasteiger partial charge in [0.1, 0.15) is 0 Å². The van der Waals surface area contributed by atoms with Gasteiger partial charge in [-0.15, -0.1) is 0 Å². The summed E-state index contributed by atoms with van der Waals surface area (Å²) >= 11 is 0. The second-order valence-corrected chi connectivity index (χ2v) is 5.92. The molecule has 1 aliphatic rings. The number of nitrogens with one attached hydrogen (secondary N) is 1. The topological polar surface area (TPSA) is 86.6 Å². The molecule has 2 rings (SSSR count). The van der Waals surface area contributed by atoms with Gasteiger partial charge in [0, 0.05) is 6.04 Å². The Morgan fingerprint density at radius 3 is 2.33 bits per heavy atom. The molecule has 1 fully saturated rings. The van der Waals surface area contributed by atoms with Crippen molar-refractivity contribution < 1.29 is 33.0 Å². The first-order valence-corrected chi connectivity index (χ1v) is 7.57. The lowest BCUT2D eigenvalue weighted by Gasteiger charge is -2.27. The molecule has 0 aromatic heterocycles. The molecule has 0 heterocycles. The molecule has 24 heavy (non-hydrogen) atoms. The predicted octanol–water partition coefficient (Wildman–Crippen LogP) is 2.50. The highest BCUT2D eigenvalue weighted by Crippen LogP contribution is 2.31. The third kappa shape index (κ3) is 4.47. The number of rotatable bonds is 4. The van der Waals surface area contributed by atoms with Gasteiger partial charge in [-0.25, -0.2) is 0 Å². The van der Waals surface area contributed by atoms with Gasteiger partial charge < -0.3 is 15.5 Å². The Hall–Kier alpha value is -2.09. The van der Waals surface area contributed by atoms with Crippen molar-refractivity contribution in [2.24, 2.45) is 5.92 Å². The van der Waals surface area contributed by atoms with Crippen molar-refractivity contribution in [3.63, 3.8) is 0 Å². The van der Waals surface area contributed by atoms with Crippen LogP contribution in [0.2, 0.25) is 0 Å². The number of hydrogen-bond acceptors (Lipinski definition) is 3. The van der Waals surface area contributed by atoms with Gasteiger partial charge >= 0.3 is 12.1 Å². The highest BCUT2D eigenvalue weighted by atomic mass is 19.4. The molecule has 0 radical (unpaired) electrons. The summed E-state index contributed by atoms with van der Waals surface area (Å²) in [5, 5.41) is 21.5. The monoisotopic (exact) mass is 345 g/mol. The van der Waals surface area contributed by atoms with Crippen LogP contribution in [0.3, 0.4) is 0 Å². The lowest BCUT2D eigenvalue weighted by molar-refractivity contribution is -0.143. The summed E-state index contributed by atoms with van der Waals surface area (Å²) in [4.78, 5) is 22.9. The molecular formula is C16H18F3NO4. The van der Waals surface area contributed by atoms with E-state index in [2.05, 4.69) is 5.32 Å². The van der Waals surface area contributed by atoms with Crippen molar-refractivity contribution in [3.8, 4) is 0 Å². The molecule has 1 aliphatic carbocycles. The van der Waals surface area contributed by atoms with E-state index in [9.17, 15) is 27.9 Å². The van der Waals surface area contributed by atoms with Crippen molar-refractivity contribution >= 4 is 11.9 Å². The molecule has 8 heteroatoms. The van der Waals surface area contributed by atoms with Crippen LogP contribution in [0.15, 0.2) is 24.3 Å². The Morgan fingerprint density at radius 2 is 1.79 bits per heavy atom. The first-order chi connectivity index (χ1) is 11.2. The smallest absolute Gasteiger partial charge is 0.416 e. The van der Waals surface area contributed by atoms with Gasteiger partial charge in [-0.05, 0) is 43.4 Å². The number of aliphatic hydroxyl groups is 1. The maximum absolute atomic E-state index is 12.7. The SMILES string of the molecule is O=C(O)C1CCC(NC(=O)C(O)c2cccc(C(F)(F)F)c2)CC1. The van der Waals surface area contributed by atoms with Gasteiger partial charge in [-0.1, -0.05) is 12.1 Å². The van der Waals surface area contributed by atoms with Crippen LogP contribution < -0.4 is 5.32 Å². The summed E-state index contributed by atoms with van der Waals surface area (Å²) in [6, 6.07) is 3.70. The average Bonchev–Trinajstić information content (AvgIpc) is 2.54. The standard InChI is InChI=1S/C16H18F3NO4/c17-16(18,19)11-3-1-2-10(8-11)13(21)14(22)20-12-6-4-9(5-7-12)15(23)24/h1-3,8-9,12-13,21H,4-7H2,(H,20,22)(H,23,24). The summed E-state index contributed by atoms with van der Waals surface area (Å²) < 4.78 is 38.0. The van der Waals surface area contributed by atoms with E-state index in [0.717, 1.165) is 18.2 Å². The van der Waals surface area contributed by atoms with Gasteiger partial charge in [0.2, 0.25) is 0 Å². The van der Waals surface area contributed by atoms with E-state index in [-0.39, 0.29) is 11.6 Å². The van der Waals surface area contributed by atoms with Crippen LogP contribution in [0.4, 0.5) is 13.2 Å². The highest BCUT2D eigenvalue weighted by molar-refractivity contribution is 5.82. The van der Waals surface area contributed by atoms with Crippen LogP contribution in [0.5, 0.6) is 0 Å². The van der Waals surface area contributed by atoms with Crippen LogP contribution in [-0.4, -0.2) is 28.1 Å². The van der Waals surface area contributed by atoms with Crippen molar-refractivity contribution in [3.05, 3.63) is 35.4 Å². The fourth-order valence-electron chi connectivity index (χ4n) is 2.80. The predicted molar refractivity (Wildman–Crippen MR) is 77.9 cm³/mol. The van der Waals surface area contributed by atoms with E-state index < -0.39 is 35.6 Å². The van der Waals surface area contributed by atoms with Crippen molar-refractivity contribution in [1.29, 1.82) is 0 Å². The van der Waals surface area contributed by atoms with E-state index in [0.29, 0.717) is 25.7 Å². The fraction of sp³-hybridized carbons (Fsp3) is 0.500. The lowest BCUT2D eigenvalue weighted by atomic mass is 9.86. The molecule has 1 aromatic rings. The van der Waals surface area contributed by atoms with Crippen molar-refractivity contribution in [2.75, 3.05) is 0 Å². The zero-order valence-corrected chi connectivity index (χ0v) is 12.7. The molecule has 1 aromatic carbocycles. The number of carbonyl (C=O) groups excluding carboxylic acids is 1. The first-order valence-electron chi connectivity index (χ1n) is 7.57. The van der Waals surface area contributed by atoms with Gasteiger partial charge in [-0.2, -0.15) is 13.2 Å². The Morgan fingerprint density at radius 1 is 1.17 bits per heavy atom. The number of aliphatic carboxylic acids is 1. The molecule has 1 unspecified atom stereocenters. The minimum Gasteiger partial charge on any atom is -0.481 e. The minimum absolute atomic E-state index is 0.137. The van der Waals surface area contributed by atoms with Gasteiger partial charge in [0.05, 0.1) is 11.5 Å². The Labute approximate surface area is 136 Å². The van der Waals surface area contributed by atoms with Gasteiger partial charge in [-0.3, -0.25) is 9.59 Å². The number of carboxylic acid groups (broad SMARTS) is 1. The average molecular weight is 345 g/mol. The number of carbonyl (C=O) groups is 2. The Kier molecular flexibility index (Phi) is 5.48. The molecule has 1 amide bonds. The number of halogens is 3. The zero-order valence-electron chi connectivity index (χ0n) is 12.7.